The Bertz CT molecular complexity index is 988. The van der Waals surface area contributed by atoms with Crippen molar-refractivity contribution in [2.75, 3.05) is 26.2 Å². The van der Waals surface area contributed by atoms with Gasteiger partial charge in [0.2, 0.25) is 11.7 Å². The molecule has 1 aliphatic rings. The molecule has 1 fully saturated rings. The molecular weight excluding hydrogens is 388 g/mol. The quantitative estimate of drug-likeness (QED) is 0.651. The monoisotopic (exact) mass is 410 g/mol. The van der Waals surface area contributed by atoms with Crippen LogP contribution in [0, 0.1) is 13.8 Å². The smallest absolute Gasteiger partial charge is 0.253 e. The standard InChI is InChI=1S/C22H23ClN4O2/c1-15-11-16(2)13-18(12-15)22(28)27-9-7-26(8-10-27)14-20-24-21(25-29-20)17-3-5-19(23)6-4-17/h3-6,11-13H,7-10,14H2,1-2H3. The molecule has 0 radical (unpaired) electrons. The molecule has 1 amide bonds. The summed E-state index contributed by atoms with van der Waals surface area (Å²) in [7, 11) is 0. The minimum atomic E-state index is 0.0965. The summed E-state index contributed by atoms with van der Waals surface area (Å²) in [6.45, 7) is 7.53. The predicted molar refractivity (Wildman–Crippen MR) is 112 cm³/mol. The van der Waals surface area contributed by atoms with Crippen LogP contribution in [0.3, 0.4) is 0 Å². The summed E-state index contributed by atoms with van der Waals surface area (Å²) in [6, 6.07) is 13.3. The Balaban J connectivity index is 1.34. The van der Waals surface area contributed by atoms with E-state index in [4.69, 9.17) is 16.1 Å². The fourth-order valence-corrected chi connectivity index (χ4v) is 3.74. The molecule has 3 aromatic rings. The van der Waals surface area contributed by atoms with E-state index in [9.17, 15) is 4.79 Å². The minimum Gasteiger partial charge on any atom is -0.338 e. The highest BCUT2D eigenvalue weighted by Crippen LogP contribution is 2.20. The lowest BCUT2D eigenvalue weighted by atomic mass is 10.1. The predicted octanol–water partition coefficient (Wildman–Crippen LogP) is 3.96. The molecule has 0 N–H and O–H groups in total. The Hall–Kier alpha value is -2.70. The van der Waals surface area contributed by atoms with Crippen molar-refractivity contribution < 1.29 is 9.32 Å². The number of hydrogen-bond donors (Lipinski definition) is 0. The molecule has 4 rings (SSSR count). The van der Waals surface area contributed by atoms with Gasteiger partial charge in [0, 0.05) is 42.3 Å². The number of nitrogens with zero attached hydrogens (tertiary/aromatic N) is 4. The fraction of sp³-hybridized carbons (Fsp3) is 0.318. The number of rotatable bonds is 4. The van der Waals surface area contributed by atoms with Gasteiger partial charge in [0.1, 0.15) is 0 Å². The maximum absolute atomic E-state index is 12.8. The van der Waals surface area contributed by atoms with Crippen LogP contribution in [0.4, 0.5) is 0 Å². The molecule has 1 aromatic heterocycles. The van der Waals surface area contributed by atoms with Crippen LogP contribution in [-0.2, 0) is 6.54 Å². The van der Waals surface area contributed by atoms with Gasteiger partial charge in [-0.25, -0.2) is 0 Å². The first-order valence-electron chi connectivity index (χ1n) is 9.66. The molecule has 0 atom stereocenters. The second kappa shape index (κ2) is 8.35. The van der Waals surface area contributed by atoms with Crippen molar-refractivity contribution in [3.63, 3.8) is 0 Å². The number of halogens is 1. The van der Waals surface area contributed by atoms with Gasteiger partial charge in [-0.05, 0) is 50.2 Å². The zero-order chi connectivity index (χ0) is 20.4. The zero-order valence-electron chi connectivity index (χ0n) is 16.6. The van der Waals surface area contributed by atoms with E-state index in [-0.39, 0.29) is 5.91 Å². The van der Waals surface area contributed by atoms with Crippen LogP contribution in [0.15, 0.2) is 47.0 Å². The lowest BCUT2D eigenvalue weighted by Gasteiger charge is -2.34. The molecule has 0 aliphatic carbocycles. The van der Waals surface area contributed by atoms with Crippen molar-refractivity contribution in [1.82, 2.24) is 19.9 Å². The summed E-state index contributed by atoms with van der Waals surface area (Å²) in [5.74, 6) is 1.23. The van der Waals surface area contributed by atoms with Gasteiger partial charge in [-0.15, -0.1) is 0 Å². The highest BCUT2D eigenvalue weighted by Gasteiger charge is 2.23. The minimum absolute atomic E-state index is 0.0965. The molecule has 6 nitrogen and oxygen atoms in total. The van der Waals surface area contributed by atoms with Gasteiger partial charge in [-0.3, -0.25) is 9.69 Å². The van der Waals surface area contributed by atoms with Crippen LogP contribution in [0.5, 0.6) is 0 Å². The van der Waals surface area contributed by atoms with Gasteiger partial charge in [-0.1, -0.05) is 34.0 Å². The van der Waals surface area contributed by atoms with Crippen molar-refractivity contribution in [2.45, 2.75) is 20.4 Å². The average molecular weight is 411 g/mol. The van der Waals surface area contributed by atoms with Gasteiger partial charge in [0.05, 0.1) is 6.54 Å². The van der Waals surface area contributed by atoms with Crippen LogP contribution in [0.2, 0.25) is 5.02 Å². The van der Waals surface area contributed by atoms with E-state index in [1.54, 1.807) is 12.1 Å². The zero-order valence-corrected chi connectivity index (χ0v) is 17.3. The van der Waals surface area contributed by atoms with E-state index < -0.39 is 0 Å². The van der Waals surface area contributed by atoms with Crippen LogP contribution in [0.25, 0.3) is 11.4 Å². The first-order valence-corrected chi connectivity index (χ1v) is 10.0. The van der Waals surface area contributed by atoms with Crippen LogP contribution >= 0.6 is 11.6 Å². The first kappa shape index (κ1) is 19.6. The highest BCUT2D eigenvalue weighted by atomic mass is 35.5. The summed E-state index contributed by atoms with van der Waals surface area (Å²) in [6.07, 6.45) is 0. The molecule has 0 saturated carbocycles. The highest BCUT2D eigenvalue weighted by molar-refractivity contribution is 6.30. The molecule has 0 bridgehead atoms. The van der Waals surface area contributed by atoms with Crippen molar-refractivity contribution in [3.8, 4) is 11.4 Å². The van der Waals surface area contributed by atoms with Crippen LogP contribution < -0.4 is 0 Å². The second-order valence-corrected chi connectivity index (χ2v) is 7.90. The number of carbonyl (C=O) groups excluding carboxylic acids is 1. The van der Waals surface area contributed by atoms with E-state index in [1.807, 2.05) is 43.0 Å². The van der Waals surface area contributed by atoms with Crippen molar-refractivity contribution in [3.05, 3.63) is 70.1 Å². The van der Waals surface area contributed by atoms with Gasteiger partial charge in [0.25, 0.3) is 5.91 Å². The van der Waals surface area contributed by atoms with Gasteiger partial charge in [0.15, 0.2) is 0 Å². The lowest BCUT2D eigenvalue weighted by Crippen LogP contribution is -2.48. The SMILES string of the molecule is Cc1cc(C)cc(C(=O)N2CCN(Cc3nc(-c4ccc(Cl)cc4)no3)CC2)c1. The van der Waals surface area contributed by atoms with E-state index in [0.29, 0.717) is 36.4 Å². The first-order chi connectivity index (χ1) is 14.0. The number of piperazine rings is 1. The maximum Gasteiger partial charge on any atom is 0.253 e. The second-order valence-electron chi connectivity index (χ2n) is 7.46. The Labute approximate surface area is 175 Å². The van der Waals surface area contributed by atoms with E-state index >= 15 is 0 Å². The number of hydrogen-bond acceptors (Lipinski definition) is 5. The molecule has 29 heavy (non-hydrogen) atoms. The normalized spacial score (nSPS) is 14.9. The van der Waals surface area contributed by atoms with Gasteiger partial charge in [-0.2, -0.15) is 4.98 Å². The Morgan fingerprint density at radius 1 is 1.03 bits per heavy atom. The molecule has 0 unspecified atom stereocenters. The van der Waals surface area contributed by atoms with E-state index in [1.165, 1.54) is 0 Å². The van der Waals surface area contributed by atoms with E-state index in [0.717, 1.165) is 35.3 Å². The van der Waals surface area contributed by atoms with Crippen LogP contribution in [-0.4, -0.2) is 52.0 Å². The third kappa shape index (κ3) is 4.66. The third-order valence-corrected chi connectivity index (χ3v) is 5.31. The number of aromatic nitrogens is 2. The summed E-state index contributed by atoms with van der Waals surface area (Å²) in [5.41, 5.74) is 3.86. The molecule has 2 heterocycles. The van der Waals surface area contributed by atoms with Gasteiger partial charge >= 0.3 is 0 Å². The number of benzene rings is 2. The Morgan fingerprint density at radius 2 is 1.69 bits per heavy atom. The summed E-state index contributed by atoms with van der Waals surface area (Å²) in [5, 5.41) is 4.73. The molecule has 1 saturated heterocycles. The summed E-state index contributed by atoms with van der Waals surface area (Å²) < 4.78 is 5.41. The topological polar surface area (TPSA) is 62.5 Å². The Kier molecular flexibility index (Phi) is 5.65. The van der Waals surface area contributed by atoms with Gasteiger partial charge < -0.3 is 9.42 Å². The Morgan fingerprint density at radius 3 is 2.34 bits per heavy atom. The largest absolute Gasteiger partial charge is 0.338 e. The fourth-order valence-electron chi connectivity index (χ4n) is 3.62. The number of aryl methyl sites for hydroxylation is 2. The molecule has 2 aromatic carbocycles. The van der Waals surface area contributed by atoms with Crippen LogP contribution in [0.1, 0.15) is 27.4 Å². The average Bonchev–Trinajstić information content (AvgIpc) is 3.16. The third-order valence-electron chi connectivity index (χ3n) is 5.06. The van der Waals surface area contributed by atoms with Crippen molar-refractivity contribution >= 4 is 17.5 Å². The summed E-state index contributed by atoms with van der Waals surface area (Å²) >= 11 is 5.92. The van der Waals surface area contributed by atoms with E-state index in [2.05, 4.69) is 21.1 Å². The lowest BCUT2D eigenvalue weighted by molar-refractivity contribution is 0.0615. The number of amides is 1. The maximum atomic E-state index is 12.8. The molecule has 1 aliphatic heterocycles. The van der Waals surface area contributed by atoms with Crippen molar-refractivity contribution in [2.24, 2.45) is 0 Å². The van der Waals surface area contributed by atoms with Crippen molar-refractivity contribution in [1.29, 1.82) is 0 Å². The molecule has 150 valence electrons. The number of carbonyl (C=O) groups is 1. The molecular formula is C22H23ClN4O2. The molecule has 0 spiro atoms. The summed E-state index contributed by atoms with van der Waals surface area (Å²) in [4.78, 5) is 21.4. The molecule has 7 heteroatoms.